The van der Waals surface area contributed by atoms with E-state index in [0.29, 0.717) is 23.8 Å². The van der Waals surface area contributed by atoms with Crippen LogP contribution in [0, 0.1) is 23.7 Å². The summed E-state index contributed by atoms with van der Waals surface area (Å²) in [5, 5.41) is 0. The number of hydrogen-bond donors (Lipinski definition) is 1. The first kappa shape index (κ1) is 24.0. The molecule has 2 aliphatic carbocycles. The molecule has 2 N–H and O–H groups in total. The normalized spacial score (nSPS) is 31.9. The van der Waals surface area contributed by atoms with E-state index in [4.69, 9.17) is 5.73 Å². The molecule has 154 valence electrons. The maximum atomic E-state index is 13.0. The van der Waals surface area contributed by atoms with Crippen LogP contribution in [0.15, 0.2) is 0 Å². The van der Waals surface area contributed by atoms with Gasteiger partial charge in [0.05, 0.1) is 0 Å². The Morgan fingerprint density at radius 2 is 1.54 bits per heavy atom. The molecule has 0 spiro atoms. The summed E-state index contributed by atoms with van der Waals surface area (Å²) in [5.74, 6) is 2.69. The summed E-state index contributed by atoms with van der Waals surface area (Å²) in [6.45, 7) is 9.92. The van der Waals surface area contributed by atoms with Crippen LogP contribution in [0.3, 0.4) is 0 Å². The lowest BCUT2D eigenvalue weighted by atomic mass is 9.65. The number of halogens is 2. The van der Waals surface area contributed by atoms with Crippen LogP contribution < -0.4 is 5.73 Å². The van der Waals surface area contributed by atoms with Crippen molar-refractivity contribution in [2.75, 3.05) is 32.7 Å². The molecule has 2 unspecified atom stereocenters. The number of nitrogens with two attached hydrogens (primary N) is 1. The van der Waals surface area contributed by atoms with Gasteiger partial charge in [0.25, 0.3) is 0 Å². The zero-order valence-corrected chi connectivity index (χ0v) is 18.2. The van der Waals surface area contributed by atoms with Crippen molar-refractivity contribution < 1.29 is 4.79 Å². The summed E-state index contributed by atoms with van der Waals surface area (Å²) in [5.41, 5.74) is 6.39. The standard InChI is InChI=1S/C20H37N3O.2ClH/c1-3-22(4-2)14-15-8-10-23(11-9-15)20(24)18-12-16-6-5-7-17(13-18)19(16)21;;/h15-19H,3-14,21H2,1-2H3;2*1H. The van der Waals surface area contributed by atoms with Crippen LogP contribution in [0.2, 0.25) is 0 Å². The molecule has 3 fully saturated rings. The first-order chi connectivity index (χ1) is 11.6. The van der Waals surface area contributed by atoms with Crippen molar-refractivity contribution in [1.29, 1.82) is 0 Å². The van der Waals surface area contributed by atoms with Gasteiger partial charge in [-0.15, -0.1) is 24.8 Å². The SMILES string of the molecule is CCN(CC)CC1CCN(C(=O)C2CC3CCCC(C2)C3N)CC1.Cl.Cl. The number of fused-ring (bicyclic) bond motifs is 2. The van der Waals surface area contributed by atoms with Crippen LogP contribution in [0.1, 0.15) is 58.8 Å². The average Bonchev–Trinajstić information content (AvgIpc) is 2.59. The molecule has 0 aromatic rings. The number of piperidine rings is 1. The number of nitrogens with zero attached hydrogens (tertiary/aromatic N) is 2. The van der Waals surface area contributed by atoms with Gasteiger partial charge in [0, 0.05) is 31.6 Å². The van der Waals surface area contributed by atoms with Crippen molar-refractivity contribution in [3.05, 3.63) is 0 Å². The quantitative estimate of drug-likeness (QED) is 0.757. The number of carbonyl (C=O) groups excluding carboxylic acids is 1. The van der Waals surface area contributed by atoms with Crippen molar-refractivity contribution in [1.82, 2.24) is 9.80 Å². The van der Waals surface area contributed by atoms with E-state index in [-0.39, 0.29) is 30.7 Å². The Bertz CT molecular complexity index is 411. The zero-order chi connectivity index (χ0) is 17.1. The van der Waals surface area contributed by atoms with Crippen molar-refractivity contribution in [3.8, 4) is 0 Å². The molecule has 3 aliphatic rings. The Balaban J connectivity index is 0.00000169. The summed E-state index contributed by atoms with van der Waals surface area (Å²) < 4.78 is 0. The lowest BCUT2D eigenvalue weighted by Gasteiger charge is -2.45. The first-order valence-corrected chi connectivity index (χ1v) is 10.4. The van der Waals surface area contributed by atoms with E-state index in [2.05, 4.69) is 23.6 Å². The maximum absolute atomic E-state index is 13.0. The molecule has 2 atom stereocenters. The van der Waals surface area contributed by atoms with Crippen molar-refractivity contribution >= 4 is 30.7 Å². The molecule has 0 radical (unpaired) electrons. The molecule has 3 rings (SSSR count). The lowest BCUT2D eigenvalue weighted by molar-refractivity contribution is -0.140. The second kappa shape index (κ2) is 11.1. The second-order valence-electron chi connectivity index (χ2n) is 8.45. The van der Waals surface area contributed by atoms with Crippen LogP contribution in [-0.4, -0.2) is 54.5 Å². The first-order valence-electron chi connectivity index (χ1n) is 10.4. The molecule has 6 heteroatoms. The highest BCUT2D eigenvalue weighted by molar-refractivity contribution is 5.85. The van der Waals surface area contributed by atoms with Crippen LogP contribution in [0.4, 0.5) is 0 Å². The summed E-state index contributed by atoms with van der Waals surface area (Å²) >= 11 is 0. The average molecular weight is 408 g/mol. The summed E-state index contributed by atoms with van der Waals surface area (Å²) in [4.78, 5) is 17.7. The van der Waals surface area contributed by atoms with E-state index >= 15 is 0 Å². The number of carbonyl (C=O) groups is 1. The Hall–Kier alpha value is -0.0300. The third kappa shape index (κ3) is 5.50. The molecular formula is C20H39Cl2N3O. The molecule has 26 heavy (non-hydrogen) atoms. The number of likely N-dealkylation sites (tertiary alicyclic amines) is 1. The minimum Gasteiger partial charge on any atom is -0.342 e. The minimum atomic E-state index is 0. The summed E-state index contributed by atoms with van der Waals surface area (Å²) in [6.07, 6.45) is 8.27. The van der Waals surface area contributed by atoms with Crippen LogP contribution in [-0.2, 0) is 4.79 Å². The smallest absolute Gasteiger partial charge is 0.225 e. The molecular weight excluding hydrogens is 369 g/mol. The van der Waals surface area contributed by atoms with E-state index in [1.807, 2.05) is 0 Å². The van der Waals surface area contributed by atoms with Gasteiger partial charge in [0.1, 0.15) is 0 Å². The van der Waals surface area contributed by atoms with Gasteiger partial charge in [-0.05, 0) is 69.4 Å². The fourth-order valence-corrected chi connectivity index (χ4v) is 5.43. The topological polar surface area (TPSA) is 49.6 Å². The van der Waals surface area contributed by atoms with Gasteiger partial charge in [-0.3, -0.25) is 4.79 Å². The summed E-state index contributed by atoms with van der Waals surface area (Å²) in [7, 11) is 0. The van der Waals surface area contributed by atoms with E-state index in [9.17, 15) is 4.79 Å². The second-order valence-corrected chi connectivity index (χ2v) is 8.45. The molecule has 1 aliphatic heterocycles. The molecule has 0 aromatic carbocycles. The predicted molar refractivity (Wildman–Crippen MR) is 113 cm³/mol. The fourth-order valence-electron chi connectivity index (χ4n) is 5.43. The number of amides is 1. The highest BCUT2D eigenvalue weighted by atomic mass is 35.5. The van der Waals surface area contributed by atoms with E-state index in [0.717, 1.165) is 44.9 Å². The van der Waals surface area contributed by atoms with Gasteiger partial charge >= 0.3 is 0 Å². The lowest BCUT2D eigenvalue weighted by Crippen LogP contribution is -2.51. The summed E-state index contributed by atoms with van der Waals surface area (Å²) in [6, 6.07) is 0.364. The Kier molecular flexibility index (Phi) is 10.2. The molecule has 1 amide bonds. The zero-order valence-electron chi connectivity index (χ0n) is 16.6. The molecule has 4 nitrogen and oxygen atoms in total. The molecule has 1 heterocycles. The van der Waals surface area contributed by atoms with Gasteiger partial charge in [0.15, 0.2) is 0 Å². The molecule has 2 saturated carbocycles. The molecule has 1 saturated heterocycles. The van der Waals surface area contributed by atoms with Gasteiger partial charge in [-0.1, -0.05) is 20.3 Å². The molecule has 2 bridgehead atoms. The monoisotopic (exact) mass is 407 g/mol. The van der Waals surface area contributed by atoms with Gasteiger partial charge in [-0.25, -0.2) is 0 Å². The van der Waals surface area contributed by atoms with Crippen molar-refractivity contribution in [3.63, 3.8) is 0 Å². The Labute approximate surface area is 172 Å². The van der Waals surface area contributed by atoms with Gasteiger partial charge in [-0.2, -0.15) is 0 Å². The third-order valence-electron chi connectivity index (χ3n) is 7.10. The number of hydrogen-bond acceptors (Lipinski definition) is 3. The Morgan fingerprint density at radius 1 is 1.00 bits per heavy atom. The van der Waals surface area contributed by atoms with Gasteiger partial charge < -0.3 is 15.5 Å². The highest BCUT2D eigenvalue weighted by Crippen LogP contribution is 2.42. The molecule has 0 aromatic heterocycles. The van der Waals surface area contributed by atoms with Crippen LogP contribution >= 0.6 is 24.8 Å². The van der Waals surface area contributed by atoms with E-state index in [1.165, 1.54) is 38.6 Å². The maximum Gasteiger partial charge on any atom is 0.225 e. The predicted octanol–water partition coefficient (Wildman–Crippen LogP) is 3.56. The third-order valence-corrected chi connectivity index (χ3v) is 7.10. The Morgan fingerprint density at radius 3 is 2.04 bits per heavy atom. The fraction of sp³-hybridized carbons (Fsp3) is 0.950. The van der Waals surface area contributed by atoms with E-state index < -0.39 is 0 Å². The number of rotatable bonds is 5. The highest BCUT2D eigenvalue weighted by Gasteiger charge is 2.41. The van der Waals surface area contributed by atoms with Crippen LogP contribution in [0.25, 0.3) is 0 Å². The van der Waals surface area contributed by atoms with Crippen LogP contribution in [0.5, 0.6) is 0 Å². The van der Waals surface area contributed by atoms with Crippen molar-refractivity contribution in [2.24, 2.45) is 29.4 Å². The van der Waals surface area contributed by atoms with Gasteiger partial charge in [0.2, 0.25) is 5.91 Å². The largest absolute Gasteiger partial charge is 0.342 e. The van der Waals surface area contributed by atoms with Crippen molar-refractivity contribution in [2.45, 2.75) is 64.8 Å². The van der Waals surface area contributed by atoms with E-state index in [1.54, 1.807) is 0 Å². The minimum absolute atomic E-state index is 0.